The number of carbonyl (C=O) groups excluding carboxylic acids is 2. The number of halogens is 3. The minimum atomic E-state index is -4.50. The highest BCUT2D eigenvalue weighted by Gasteiger charge is 2.34. The van der Waals surface area contributed by atoms with Crippen LogP contribution in [0.4, 0.5) is 24.5 Å². The number of pyridine rings is 1. The number of alkyl halides is 3. The molecule has 3 aromatic rings. The second kappa shape index (κ2) is 14.2. The van der Waals surface area contributed by atoms with Crippen molar-refractivity contribution >= 4 is 40.5 Å². The zero-order chi connectivity index (χ0) is 31.6. The van der Waals surface area contributed by atoms with Crippen molar-refractivity contribution in [1.82, 2.24) is 19.5 Å². The number of nitrogens with one attached hydrogen (secondary N) is 3. The van der Waals surface area contributed by atoms with Crippen LogP contribution < -0.4 is 20.7 Å². The van der Waals surface area contributed by atoms with E-state index in [-0.39, 0.29) is 60.1 Å². The van der Waals surface area contributed by atoms with Gasteiger partial charge >= 0.3 is 5.51 Å². The number of methoxy groups -OCH3 is 1. The second-order valence-corrected chi connectivity index (χ2v) is 12.5. The molecule has 1 aromatic carbocycles. The van der Waals surface area contributed by atoms with E-state index in [0.717, 1.165) is 31.5 Å². The predicted molar refractivity (Wildman–Crippen MR) is 175 cm³/mol. The van der Waals surface area contributed by atoms with E-state index in [0.29, 0.717) is 55.2 Å². The number of hydrogen-bond donors (Lipinski definition) is 3. The van der Waals surface area contributed by atoms with Crippen LogP contribution in [0.1, 0.15) is 42.6 Å². The summed E-state index contributed by atoms with van der Waals surface area (Å²) in [6.45, 7) is 3.97. The molecule has 0 radical (unpaired) electrons. The Hall–Kier alpha value is -4.02. The quantitative estimate of drug-likeness (QED) is 0.261. The fourth-order valence-corrected chi connectivity index (χ4v) is 6.94. The van der Waals surface area contributed by atoms with Gasteiger partial charge in [0.25, 0.3) is 5.91 Å². The van der Waals surface area contributed by atoms with E-state index in [1.807, 2.05) is 11.0 Å². The molecule has 46 heavy (non-hydrogen) atoms. The third-order valence-corrected chi connectivity index (χ3v) is 9.37. The number of rotatable bonds is 2. The summed E-state index contributed by atoms with van der Waals surface area (Å²) in [5.41, 5.74) is -1.86. The van der Waals surface area contributed by atoms with E-state index in [1.54, 1.807) is 36.5 Å². The van der Waals surface area contributed by atoms with E-state index >= 15 is 0 Å². The topological polar surface area (TPSA) is 90.3 Å². The van der Waals surface area contributed by atoms with Gasteiger partial charge in [0.05, 0.1) is 42.0 Å². The van der Waals surface area contributed by atoms with Gasteiger partial charge in [-0.05, 0) is 62.2 Å². The molecule has 2 unspecified atom stereocenters. The molecule has 2 fully saturated rings. The van der Waals surface area contributed by atoms with Crippen molar-refractivity contribution in [2.75, 3.05) is 63.6 Å². The van der Waals surface area contributed by atoms with Crippen molar-refractivity contribution in [2.24, 2.45) is 5.92 Å². The number of hydrogen-bond acceptors (Lipinski definition) is 7. The molecule has 9 nitrogen and oxygen atoms in total. The average Bonchev–Trinajstić information content (AvgIpc) is 3.63. The number of ether oxygens (including phenoxy) is 1. The Morgan fingerprint density at radius 2 is 1.80 bits per heavy atom. The summed E-state index contributed by atoms with van der Waals surface area (Å²) in [4.78, 5) is 30.3. The van der Waals surface area contributed by atoms with Crippen LogP contribution in [-0.2, 0) is 4.79 Å². The average molecular weight is 657 g/mol. The van der Waals surface area contributed by atoms with Gasteiger partial charge in [-0.2, -0.15) is 13.2 Å². The lowest BCUT2D eigenvalue weighted by Crippen LogP contribution is -2.45. The molecule has 0 spiro atoms. The Balaban J connectivity index is 0.00000417. The van der Waals surface area contributed by atoms with Crippen LogP contribution >= 0.6 is 11.8 Å². The number of anilines is 2. The van der Waals surface area contributed by atoms with Crippen molar-refractivity contribution in [1.29, 1.82) is 0 Å². The van der Waals surface area contributed by atoms with E-state index in [4.69, 9.17) is 4.74 Å². The minimum absolute atomic E-state index is 0. The van der Waals surface area contributed by atoms with Crippen molar-refractivity contribution in [3.8, 4) is 17.6 Å². The first-order valence-corrected chi connectivity index (χ1v) is 15.9. The maximum atomic E-state index is 13.6. The third-order valence-electron chi connectivity index (χ3n) is 8.53. The number of piperidine rings is 1. The van der Waals surface area contributed by atoms with E-state index in [9.17, 15) is 22.8 Å². The van der Waals surface area contributed by atoms with Gasteiger partial charge in [0, 0.05) is 62.3 Å². The molecular formula is C33H39F3N6O3S. The fourth-order valence-electron chi connectivity index (χ4n) is 6.25. The standard InChI is InChI=1S/C32H35F3N6O3S.CH4/c1-44-28-19-21-6-7-26(28)36-11-2-4-22-18-27-25(5-3-13-41(27)31(22)45-32(33,34)35)38-24-9-15-40(16-10-24)30(43)23-8-14-39(20-23)17-12-37-29(21)42;/h3,5-7,13,18-19,23-24,36,38H,8-12,14-17,20H2,1H3,(H,37,42);1H4. The number of aromatic nitrogens is 1. The molecule has 2 saturated heterocycles. The van der Waals surface area contributed by atoms with Crippen LogP contribution in [0.5, 0.6) is 5.75 Å². The molecule has 2 aromatic heterocycles. The van der Waals surface area contributed by atoms with Gasteiger partial charge in [-0.3, -0.25) is 9.59 Å². The number of thioether (sulfide) groups is 1. The van der Waals surface area contributed by atoms with Gasteiger partial charge in [-0.1, -0.05) is 19.3 Å². The van der Waals surface area contributed by atoms with Crippen LogP contribution in [0.15, 0.2) is 47.6 Å². The highest BCUT2D eigenvalue weighted by molar-refractivity contribution is 8.00. The number of benzene rings is 1. The lowest BCUT2D eigenvalue weighted by atomic mass is 10.0. The molecule has 246 valence electrons. The number of carbonyl (C=O) groups is 2. The van der Waals surface area contributed by atoms with Crippen LogP contribution in [0.25, 0.3) is 5.52 Å². The predicted octanol–water partition coefficient (Wildman–Crippen LogP) is 5.13. The molecule has 13 heteroatoms. The van der Waals surface area contributed by atoms with Gasteiger partial charge in [0.1, 0.15) is 10.8 Å². The Kier molecular flexibility index (Phi) is 10.3. The smallest absolute Gasteiger partial charge is 0.447 e. The second-order valence-electron chi connectivity index (χ2n) is 11.4. The Bertz CT molecular complexity index is 1640. The van der Waals surface area contributed by atoms with Crippen LogP contribution in [0.2, 0.25) is 0 Å². The first-order valence-electron chi connectivity index (χ1n) is 15.0. The molecule has 2 atom stereocenters. The summed E-state index contributed by atoms with van der Waals surface area (Å²) in [5.74, 6) is 6.18. The first-order chi connectivity index (χ1) is 21.7. The SMILES string of the molecule is C.COc1cc2ccc1NCC#Cc1cc3c(cccn3c1SC(F)(F)F)NC1CCN(CC1)C(=O)C1CCN(CCNC2=O)C1. The van der Waals surface area contributed by atoms with Crippen molar-refractivity contribution in [3.63, 3.8) is 0 Å². The summed E-state index contributed by atoms with van der Waals surface area (Å²) in [7, 11) is 1.50. The van der Waals surface area contributed by atoms with Gasteiger partial charge in [-0.25, -0.2) is 0 Å². The van der Waals surface area contributed by atoms with Gasteiger partial charge in [0.2, 0.25) is 5.91 Å². The summed E-state index contributed by atoms with van der Waals surface area (Å²) in [6.07, 6.45) is 3.88. The largest absolute Gasteiger partial charge is 0.495 e. The molecule has 3 N–H and O–H groups in total. The summed E-state index contributed by atoms with van der Waals surface area (Å²) in [6, 6.07) is 10.4. The van der Waals surface area contributed by atoms with E-state index in [1.165, 1.54) is 11.5 Å². The van der Waals surface area contributed by atoms with Crippen molar-refractivity contribution in [2.45, 2.75) is 43.3 Å². The Morgan fingerprint density at radius 3 is 2.57 bits per heavy atom. The normalized spacial score (nSPS) is 22.2. The zero-order valence-corrected chi connectivity index (χ0v) is 25.7. The van der Waals surface area contributed by atoms with E-state index < -0.39 is 5.51 Å². The van der Waals surface area contributed by atoms with E-state index in [2.05, 4.69) is 32.7 Å². The molecule has 6 aliphatic heterocycles. The summed E-state index contributed by atoms with van der Waals surface area (Å²) in [5, 5.41) is 9.62. The van der Waals surface area contributed by atoms with Gasteiger partial charge < -0.3 is 34.9 Å². The maximum Gasteiger partial charge on any atom is 0.447 e. The Morgan fingerprint density at radius 1 is 1.00 bits per heavy atom. The van der Waals surface area contributed by atoms with Gasteiger partial charge in [-0.15, -0.1) is 0 Å². The Labute approximate surface area is 271 Å². The molecule has 0 aliphatic carbocycles. The molecule has 8 bridgehead atoms. The maximum absolute atomic E-state index is 13.6. The van der Waals surface area contributed by atoms with Crippen molar-refractivity contribution in [3.05, 3.63) is 53.7 Å². The first kappa shape index (κ1) is 33.3. The molecule has 0 saturated carbocycles. The highest BCUT2D eigenvalue weighted by atomic mass is 32.2. The number of nitrogens with zero attached hydrogens (tertiary/aromatic N) is 3. The van der Waals surface area contributed by atoms with Crippen LogP contribution in [0, 0.1) is 17.8 Å². The third kappa shape index (κ3) is 7.50. The zero-order valence-electron chi connectivity index (χ0n) is 24.9. The molecule has 2 amide bonds. The number of amides is 2. The highest BCUT2D eigenvalue weighted by Crippen LogP contribution is 2.41. The fraction of sp³-hybridized carbons (Fsp3) is 0.455. The lowest BCUT2D eigenvalue weighted by Gasteiger charge is -2.34. The summed E-state index contributed by atoms with van der Waals surface area (Å²) < 4.78 is 47.9. The van der Waals surface area contributed by atoms with Crippen molar-refractivity contribution < 1.29 is 27.5 Å². The van der Waals surface area contributed by atoms with Gasteiger partial charge in [0.15, 0.2) is 0 Å². The van der Waals surface area contributed by atoms with Crippen LogP contribution in [-0.4, -0.2) is 90.5 Å². The molecule has 9 rings (SSSR count). The molecular weight excluding hydrogens is 617 g/mol. The van der Waals surface area contributed by atoms with Crippen LogP contribution in [0.3, 0.4) is 0 Å². The lowest BCUT2D eigenvalue weighted by molar-refractivity contribution is -0.136. The summed E-state index contributed by atoms with van der Waals surface area (Å²) >= 11 is -0.188. The molecule has 8 heterocycles. The minimum Gasteiger partial charge on any atom is -0.495 e. The molecule has 6 aliphatic rings. The monoisotopic (exact) mass is 656 g/mol.